The molecule has 1 aliphatic heterocycles. The van der Waals surface area contributed by atoms with Gasteiger partial charge in [-0.05, 0) is 51.1 Å². The summed E-state index contributed by atoms with van der Waals surface area (Å²) in [5, 5.41) is 2.96. The predicted octanol–water partition coefficient (Wildman–Crippen LogP) is 2.67. The van der Waals surface area contributed by atoms with E-state index in [1.807, 2.05) is 13.8 Å². The smallest absolute Gasteiger partial charge is 0.263 e. The van der Waals surface area contributed by atoms with E-state index < -0.39 is 15.6 Å². The molecule has 1 saturated heterocycles. The maximum atomic E-state index is 13.6. The number of carbonyl (C=O) groups excluding carboxylic acids is 1. The highest BCUT2D eigenvalue weighted by Crippen LogP contribution is 2.35. The maximum absolute atomic E-state index is 13.6. The molecule has 0 aromatic carbocycles. The van der Waals surface area contributed by atoms with Crippen molar-refractivity contribution in [3.63, 3.8) is 0 Å². The quantitative estimate of drug-likeness (QED) is 0.484. The van der Waals surface area contributed by atoms with Crippen molar-refractivity contribution in [1.29, 1.82) is 0 Å². The molecule has 2 aromatic rings. The number of aromatic nitrogens is 2. The maximum Gasteiger partial charge on any atom is 0.263 e. The first-order valence-electron chi connectivity index (χ1n) is 12.6. The molecule has 0 aliphatic carbocycles. The summed E-state index contributed by atoms with van der Waals surface area (Å²) in [5.41, 5.74) is -0.496. The van der Waals surface area contributed by atoms with Gasteiger partial charge in [0.2, 0.25) is 15.9 Å². The third-order valence-electron chi connectivity index (χ3n) is 6.38. The number of amides is 1. The van der Waals surface area contributed by atoms with E-state index >= 15 is 0 Å². The zero-order valence-electron chi connectivity index (χ0n) is 21.5. The number of rotatable bonds is 11. The van der Waals surface area contributed by atoms with Gasteiger partial charge >= 0.3 is 0 Å². The number of nitrogens with one attached hydrogen (secondary N) is 1. The molecule has 1 aliphatic rings. The predicted molar refractivity (Wildman–Crippen MR) is 140 cm³/mol. The summed E-state index contributed by atoms with van der Waals surface area (Å²) in [6.07, 6.45) is 4.42. The molecular weight excluding hydrogens is 486 g/mol. The minimum absolute atomic E-state index is 0.0424. The van der Waals surface area contributed by atoms with Crippen molar-refractivity contribution in [2.45, 2.75) is 65.3 Å². The largest absolute Gasteiger partial charge is 0.353 e. The van der Waals surface area contributed by atoms with Gasteiger partial charge in [-0.1, -0.05) is 27.7 Å². The van der Waals surface area contributed by atoms with Gasteiger partial charge in [-0.25, -0.2) is 13.4 Å². The fraction of sp³-hybridized carbons (Fsp3) is 0.708. The number of thiophene rings is 1. The average Bonchev–Trinajstić information content (AvgIpc) is 3.13. The minimum atomic E-state index is -3.86. The van der Waals surface area contributed by atoms with Crippen LogP contribution in [0.3, 0.4) is 0 Å². The van der Waals surface area contributed by atoms with E-state index in [9.17, 15) is 18.0 Å². The van der Waals surface area contributed by atoms with E-state index in [-0.39, 0.29) is 34.6 Å². The number of piperidine rings is 1. The first-order chi connectivity index (χ1) is 16.6. The van der Waals surface area contributed by atoms with Gasteiger partial charge in [-0.15, -0.1) is 11.3 Å². The second kappa shape index (κ2) is 11.9. The van der Waals surface area contributed by atoms with Crippen molar-refractivity contribution < 1.29 is 13.2 Å². The van der Waals surface area contributed by atoms with Gasteiger partial charge in [0.05, 0.1) is 11.7 Å². The van der Waals surface area contributed by atoms with Crippen LogP contribution in [-0.2, 0) is 21.4 Å². The SMILES string of the molecule is CCCN(CCC)CCNC(=O)Cn1cnc2sc(C)c(S(=O)(=O)N3CC(C)CC(C)C3)c2c1=O. The van der Waals surface area contributed by atoms with Gasteiger partial charge in [0.15, 0.2) is 0 Å². The number of nitrogens with zero attached hydrogens (tertiary/aromatic N) is 4. The summed E-state index contributed by atoms with van der Waals surface area (Å²) < 4.78 is 30.0. The van der Waals surface area contributed by atoms with Crippen LogP contribution < -0.4 is 10.9 Å². The highest BCUT2D eigenvalue weighted by molar-refractivity contribution is 7.89. The van der Waals surface area contributed by atoms with Crippen LogP contribution in [0.5, 0.6) is 0 Å². The fourth-order valence-corrected chi connectivity index (χ4v) is 8.35. The summed E-state index contributed by atoms with van der Waals surface area (Å²) >= 11 is 1.20. The molecule has 2 unspecified atom stereocenters. The van der Waals surface area contributed by atoms with Crippen LogP contribution >= 0.6 is 11.3 Å². The van der Waals surface area contributed by atoms with E-state index in [4.69, 9.17) is 0 Å². The van der Waals surface area contributed by atoms with Crippen molar-refractivity contribution in [3.8, 4) is 0 Å². The van der Waals surface area contributed by atoms with E-state index in [0.29, 0.717) is 29.3 Å². The normalized spacial score (nSPS) is 19.5. The molecule has 9 nitrogen and oxygen atoms in total. The molecule has 2 aromatic heterocycles. The van der Waals surface area contributed by atoms with Crippen LogP contribution in [0, 0.1) is 18.8 Å². The van der Waals surface area contributed by atoms with Gasteiger partial charge in [0, 0.05) is 31.1 Å². The van der Waals surface area contributed by atoms with Crippen LogP contribution in [0.1, 0.15) is 51.8 Å². The van der Waals surface area contributed by atoms with Crippen molar-refractivity contribution in [2.75, 3.05) is 39.3 Å². The lowest BCUT2D eigenvalue weighted by Gasteiger charge is -2.34. The minimum Gasteiger partial charge on any atom is -0.353 e. The zero-order valence-corrected chi connectivity index (χ0v) is 23.2. The van der Waals surface area contributed by atoms with E-state index in [1.165, 1.54) is 26.5 Å². The molecule has 0 bridgehead atoms. The Morgan fingerprint density at radius 2 is 1.80 bits per heavy atom. The molecule has 0 spiro atoms. The van der Waals surface area contributed by atoms with E-state index in [2.05, 4.69) is 29.0 Å². The molecule has 35 heavy (non-hydrogen) atoms. The Labute approximate surface area is 212 Å². The Bertz CT molecular complexity index is 1170. The third-order valence-corrected chi connectivity index (χ3v) is 9.52. The molecule has 2 atom stereocenters. The van der Waals surface area contributed by atoms with Crippen molar-refractivity contribution in [3.05, 3.63) is 21.6 Å². The summed E-state index contributed by atoms with van der Waals surface area (Å²) in [7, 11) is -3.86. The van der Waals surface area contributed by atoms with Crippen LogP contribution in [0.25, 0.3) is 10.2 Å². The molecule has 3 rings (SSSR count). The lowest BCUT2D eigenvalue weighted by Crippen LogP contribution is -2.43. The van der Waals surface area contributed by atoms with Crippen molar-refractivity contribution in [2.24, 2.45) is 11.8 Å². The third kappa shape index (κ3) is 6.49. The zero-order chi connectivity index (χ0) is 25.8. The lowest BCUT2D eigenvalue weighted by atomic mass is 9.94. The summed E-state index contributed by atoms with van der Waals surface area (Å²) in [6, 6.07) is 0. The second-order valence-electron chi connectivity index (χ2n) is 9.80. The van der Waals surface area contributed by atoms with Gasteiger partial charge in [0.1, 0.15) is 16.3 Å². The fourth-order valence-electron chi connectivity index (χ4n) is 5.00. The molecule has 3 heterocycles. The molecule has 196 valence electrons. The monoisotopic (exact) mass is 525 g/mol. The molecule has 1 amide bonds. The van der Waals surface area contributed by atoms with Gasteiger partial charge in [0.25, 0.3) is 5.56 Å². The Morgan fingerprint density at radius 3 is 2.40 bits per heavy atom. The van der Waals surface area contributed by atoms with Crippen LogP contribution in [-0.4, -0.2) is 72.3 Å². The summed E-state index contributed by atoms with van der Waals surface area (Å²) in [4.78, 5) is 33.5. The highest BCUT2D eigenvalue weighted by atomic mass is 32.2. The van der Waals surface area contributed by atoms with Crippen LogP contribution in [0.15, 0.2) is 16.0 Å². The molecule has 0 radical (unpaired) electrons. The highest BCUT2D eigenvalue weighted by Gasteiger charge is 2.35. The Balaban J connectivity index is 1.82. The molecular formula is C24H39N5O4S2. The average molecular weight is 526 g/mol. The van der Waals surface area contributed by atoms with E-state index in [1.54, 1.807) is 6.92 Å². The number of carbonyl (C=O) groups is 1. The first-order valence-corrected chi connectivity index (χ1v) is 14.8. The van der Waals surface area contributed by atoms with Gasteiger partial charge in [-0.2, -0.15) is 4.31 Å². The standard InChI is InChI=1S/C24H39N5O4S2/c1-6-9-27(10-7-2)11-8-25-20(30)15-28-16-26-23-21(24(28)31)22(19(5)34-23)35(32,33)29-13-17(3)12-18(4)14-29/h16-18H,6-15H2,1-5H3,(H,25,30). The van der Waals surface area contributed by atoms with Gasteiger partial charge < -0.3 is 10.2 Å². The number of fused-ring (bicyclic) bond motifs is 1. The Hall–Kier alpha value is -1.82. The van der Waals surface area contributed by atoms with Crippen LogP contribution in [0.2, 0.25) is 0 Å². The molecule has 0 saturated carbocycles. The number of sulfonamides is 1. The molecule has 1 N–H and O–H groups in total. The summed E-state index contributed by atoms with van der Waals surface area (Å²) in [5.74, 6) is 0.210. The second-order valence-corrected chi connectivity index (χ2v) is 12.9. The van der Waals surface area contributed by atoms with Crippen molar-refractivity contribution >= 4 is 37.5 Å². The topological polar surface area (TPSA) is 105 Å². The summed E-state index contributed by atoms with van der Waals surface area (Å²) in [6.45, 7) is 13.9. The molecule has 11 heteroatoms. The lowest BCUT2D eigenvalue weighted by molar-refractivity contribution is -0.121. The molecule has 1 fully saturated rings. The number of hydrogen-bond acceptors (Lipinski definition) is 7. The van der Waals surface area contributed by atoms with Gasteiger partial charge in [-0.3, -0.25) is 14.2 Å². The Morgan fingerprint density at radius 1 is 1.17 bits per heavy atom. The number of hydrogen-bond donors (Lipinski definition) is 1. The van der Waals surface area contributed by atoms with E-state index in [0.717, 1.165) is 38.9 Å². The first kappa shape index (κ1) is 27.8. The van der Waals surface area contributed by atoms with Crippen LogP contribution in [0.4, 0.5) is 0 Å². The Kier molecular flexibility index (Phi) is 9.47. The van der Waals surface area contributed by atoms with Crippen molar-refractivity contribution in [1.82, 2.24) is 24.1 Å². The number of aryl methyl sites for hydroxylation is 1.